The van der Waals surface area contributed by atoms with Gasteiger partial charge in [-0.3, -0.25) is 9.59 Å². The van der Waals surface area contributed by atoms with E-state index in [1.807, 2.05) is 36.4 Å². The molecule has 0 bridgehead atoms. The number of ether oxygens (including phenoxy) is 2. The van der Waals surface area contributed by atoms with Crippen LogP contribution < -0.4 is 10.5 Å². The number of piperidine rings is 1. The van der Waals surface area contributed by atoms with Crippen LogP contribution in [0, 0.1) is 5.92 Å². The number of nitrogens with two attached hydrogens (primary N) is 1. The van der Waals surface area contributed by atoms with Gasteiger partial charge in [0.1, 0.15) is 5.75 Å². The molecule has 1 fully saturated rings. The third-order valence-corrected chi connectivity index (χ3v) is 4.68. The lowest BCUT2D eigenvalue weighted by Crippen LogP contribution is -2.43. The van der Waals surface area contributed by atoms with Crippen molar-refractivity contribution < 1.29 is 23.9 Å². The van der Waals surface area contributed by atoms with Gasteiger partial charge < -0.3 is 20.1 Å². The molecule has 27 heavy (non-hydrogen) atoms. The third-order valence-electron chi connectivity index (χ3n) is 4.68. The first-order valence-corrected chi connectivity index (χ1v) is 8.87. The number of carbonyl (C=O) groups is 3. The van der Waals surface area contributed by atoms with Crippen LogP contribution in [0.2, 0.25) is 0 Å². The highest BCUT2D eigenvalue weighted by Crippen LogP contribution is 2.20. The van der Waals surface area contributed by atoms with Crippen molar-refractivity contribution in [3.63, 3.8) is 0 Å². The Kier molecular flexibility index (Phi) is 5.90. The zero-order valence-electron chi connectivity index (χ0n) is 14.9. The summed E-state index contributed by atoms with van der Waals surface area (Å²) in [5.41, 5.74) is 5.27. The molecule has 2 aromatic rings. The van der Waals surface area contributed by atoms with Crippen molar-refractivity contribution in [2.24, 2.45) is 11.7 Å². The molecule has 7 heteroatoms. The molecule has 3 rings (SSSR count). The Hall–Kier alpha value is -3.09. The minimum atomic E-state index is -0.608. The number of esters is 1. The highest BCUT2D eigenvalue weighted by atomic mass is 16.6. The van der Waals surface area contributed by atoms with Crippen molar-refractivity contribution in [1.29, 1.82) is 0 Å². The van der Waals surface area contributed by atoms with E-state index in [1.54, 1.807) is 11.0 Å². The molecule has 0 aromatic heterocycles. The maximum atomic E-state index is 12.1. The van der Waals surface area contributed by atoms with Gasteiger partial charge in [-0.2, -0.15) is 0 Å². The highest BCUT2D eigenvalue weighted by Gasteiger charge is 2.26. The zero-order chi connectivity index (χ0) is 19.2. The Bertz CT molecular complexity index is 843. The summed E-state index contributed by atoms with van der Waals surface area (Å²) in [6.07, 6.45) is 1.08. The Labute approximate surface area is 157 Å². The van der Waals surface area contributed by atoms with E-state index in [0.717, 1.165) is 10.8 Å². The first kappa shape index (κ1) is 18.7. The van der Waals surface area contributed by atoms with Crippen LogP contribution in [-0.2, 0) is 19.1 Å². The molecule has 2 amide bonds. The van der Waals surface area contributed by atoms with Crippen molar-refractivity contribution in [1.82, 2.24) is 4.90 Å². The van der Waals surface area contributed by atoms with Gasteiger partial charge in [0.2, 0.25) is 5.91 Å². The Morgan fingerprint density at radius 2 is 1.70 bits per heavy atom. The number of benzene rings is 2. The lowest BCUT2D eigenvalue weighted by molar-refractivity contribution is -0.154. The second kappa shape index (κ2) is 8.53. The van der Waals surface area contributed by atoms with Gasteiger partial charge in [-0.25, -0.2) is 4.79 Å². The Balaban J connectivity index is 1.41. The zero-order valence-corrected chi connectivity index (χ0v) is 14.9. The molecule has 0 atom stereocenters. The smallest absolute Gasteiger partial charge is 0.344 e. The molecule has 0 spiro atoms. The third kappa shape index (κ3) is 4.97. The molecule has 1 aliphatic heterocycles. The second-order valence-electron chi connectivity index (χ2n) is 6.52. The molecule has 142 valence electrons. The molecule has 0 saturated carbocycles. The van der Waals surface area contributed by atoms with Crippen LogP contribution in [0.1, 0.15) is 12.8 Å². The summed E-state index contributed by atoms with van der Waals surface area (Å²) in [6.45, 7) is 0.283. The Morgan fingerprint density at radius 3 is 2.41 bits per heavy atom. The van der Waals surface area contributed by atoms with Crippen LogP contribution >= 0.6 is 0 Å². The summed E-state index contributed by atoms with van der Waals surface area (Å²) >= 11 is 0. The van der Waals surface area contributed by atoms with Crippen LogP contribution in [0.5, 0.6) is 5.75 Å². The summed E-state index contributed by atoms with van der Waals surface area (Å²) in [5.74, 6) is -0.850. The number of hydrogen-bond acceptors (Lipinski definition) is 5. The first-order chi connectivity index (χ1) is 13.0. The monoisotopic (exact) mass is 370 g/mol. The van der Waals surface area contributed by atoms with Crippen LogP contribution in [0.4, 0.5) is 0 Å². The number of primary amides is 1. The number of nitrogens with zero attached hydrogens (tertiary/aromatic N) is 1. The van der Waals surface area contributed by atoms with Crippen LogP contribution in [0.3, 0.4) is 0 Å². The van der Waals surface area contributed by atoms with E-state index in [1.165, 1.54) is 0 Å². The van der Waals surface area contributed by atoms with Gasteiger partial charge in [-0.1, -0.05) is 30.3 Å². The largest absolute Gasteiger partial charge is 0.482 e. The molecule has 1 heterocycles. The van der Waals surface area contributed by atoms with Crippen LogP contribution in [-0.4, -0.2) is 49.0 Å². The highest BCUT2D eigenvalue weighted by molar-refractivity contribution is 5.84. The second-order valence-corrected chi connectivity index (χ2v) is 6.52. The summed E-state index contributed by atoms with van der Waals surface area (Å²) in [7, 11) is 0. The van der Waals surface area contributed by atoms with Gasteiger partial charge in [-0.05, 0) is 35.7 Å². The number of likely N-dealkylation sites (tertiary alicyclic amines) is 1. The number of hydrogen-bond donors (Lipinski definition) is 1. The van der Waals surface area contributed by atoms with Gasteiger partial charge in [-0.15, -0.1) is 0 Å². The fourth-order valence-electron chi connectivity index (χ4n) is 3.09. The summed E-state index contributed by atoms with van der Waals surface area (Å²) < 4.78 is 10.4. The minimum absolute atomic E-state index is 0.188. The average Bonchev–Trinajstić information content (AvgIpc) is 2.70. The number of rotatable bonds is 6. The molecule has 2 aromatic carbocycles. The van der Waals surface area contributed by atoms with Crippen molar-refractivity contribution in [3.8, 4) is 5.75 Å². The van der Waals surface area contributed by atoms with Gasteiger partial charge in [0, 0.05) is 19.0 Å². The predicted octanol–water partition coefficient (Wildman–Crippen LogP) is 1.49. The molecule has 1 saturated heterocycles. The van der Waals surface area contributed by atoms with Crippen molar-refractivity contribution in [2.75, 3.05) is 26.3 Å². The first-order valence-electron chi connectivity index (χ1n) is 8.87. The van der Waals surface area contributed by atoms with Crippen LogP contribution in [0.15, 0.2) is 42.5 Å². The van der Waals surface area contributed by atoms with Crippen LogP contribution in [0.25, 0.3) is 10.8 Å². The lowest BCUT2D eigenvalue weighted by atomic mass is 9.96. The standard InChI is InChI=1S/C20H22N2O5/c21-20(25)15-7-9-22(10-8-15)18(23)12-27-19(24)13-26-17-6-5-14-3-1-2-4-16(14)11-17/h1-6,11,15H,7-10,12-13H2,(H2,21,25). The van der Waals surface area contributed by atoms with E-state index in [9.17, 15) is 14.4 Å². The molecular formula is C20H22N2O5. The fraction of sp³-hybridized carbons (Fsp3) is 0.350. The van der Waals surface area contributed by atoms with E-state index < -0.39 is 5.97 Å². The van der Waals surface area contributed by atoms with Crippen molar-refractivity contribution in [2.45, 2.75) is 12.8 Å². The number of carbonyl (C=O) groups excluding carboxylic acids is 3. The summed E-state index contributed by atoms with van der Waals surface area (Å²) in [6, 6.07) is 13.4. The fourth-order valence-corrected chi connectivity index (χ4v) is 3.09. The topological polar surface area (TPSA) is 98.9 Å². The van der Waals surface area contributed by atoms with E-state index in [0.29, 0.717) is 31.7 Å². The number of amides is 2. The molecule has 0 radical (unpaired) electrons. The van der Waals surface area contributed by atoms with Gasteiger partial charge >= 0.3 is 5.97 Å². The van der Waals surface area contributed by atoms with Gasteiger partial charge in [0.25, 0.3) is 5.91 Å². The van der Waals surface area contributed by atoms with Gasteiger partial charge in [0.05, 0.1) is 0 Å². The average molecular weight is 370 g/mol. The minimum Gasteiger partial charge on any atom is -0.482 e. The maximum Gasteiger partial charge on any atom is 0.344 e. The van der Waals surface area contributed by atoms with E-state index >= 15 is 0 Å². The molecule has 7 nitrogen and oxygen atoms in total. The van der Waals surface area contributed by atoms with E-state index in [-0.39, 0.29) is 30.9 Å². The van der Waals surface area contributed by atoms with Crippen molar-refractivity contribution >= 4 is 28.6 Å². The van der Waals surface area contributed by atoms with E-state index in [2.05, 4.69) is 0 Å². The number of fused-ring (bicyclic) bond motifs is 1. The van der Waals surface area contributed by atoms with E-state index in [4.69, 9.17) is 15.2 Å². The quantitative estimate of drug-likeness (QED) is 0.777. The predicted molar refractivity (Wildman–Crippen MR) is 98.9 cm³/mol. The molecule has 0 aliphatic carbocycles. The molecule has 1 aliphatic rings. The van der Waals surface area contributed by atoms with Gasteiger partial charge in [0.15, 0.2) is 13.2 Å². The van der Waals surface area contributed by atoms with Crippen molar-refractivity contribution in [3.05, 3.63) is 42.5 Å². The molecular weight excluding hydrogens is 348 g/mol. The summed E-state index contributed by atoms with van der Waals surface area (Å²) in [5, 5.41) is 2.09. The lowest BCUT2D eigenvalue weighted by Gasteiger charge is -2.30. The summed E-state index contributed by atoms with van der Waals surface area (Å²) in [4.78, 5) is 36.6. The Morgan fingerprint density at radius 1 is 1.00 bits per heavy atom. The normalized spacial score (nSPS) is 14.7. The molecule has 2 N–H and O–H groups in total. The maximum absolute atomic E-state index is 12.1. The molecule has 0 unspecified atom stereocenters. The SMILES string of the molecule is NC(=O)C1CCN(C(=O)COC(=O)COc2ccc3ccccc3c2)CC1.